The van der Waals surface area contributed by atoms with Gasteiger partial charge in [-0.2, -0.15) is 0 Å². The average Bonchev–Trinajstić information content (AvgIpc) is 2.36. The standard InChI is InChI=1S/C14H8Br2ClFO/c15-11-3-2-9(17)7-10(11)14(19)6-8-1-4-13(18)12(16)5-8/h1-5,7H,6H2. The van der Waals surface area contributed by atoms with Crippen molar-refractivity contribution in [3.63, 3.8) is 0 Å². The van der Waals surface area contributed by atoms with E-state index >= 15 is 0 Å². The third-order valence-electron chi connectivity index (χ3n) is 2.58. The molecule has 2 aromatic carbocycles. The highest BCUT2D eigenvalue weighted by Gasteiger charge is 2.12. The minimum Gasteiger partial charge on any atom is -0.294 e. The summed E-state index contributed by atoms with van der Waals surface area (Å²) in [5.74, 6) is -0.423. The zero-order valence-electron chi connectivity index (χ0n) is 9.59. The lowest BCUT2D eigenvalue weighted by Gasteiger charge is -2.05. The predicted molar refractivity (Wildman–Crippen MR) is 81.3 cm³/mol. The normalized spacial score (nSPS) is 10.5. The first-order valence-corrected chi connectivity index (χ1v) is 7.36. The van der Waals surface area contributed by atoms with Crippen molar-refractivity contribution in [2.24, 2.45) is 0 Å². The molecule has 0 aromatic heterocycles. The summed E-state index contributed by atoms with van der Waals surface area (Å²) in [6.07, 6.45) is 0.192. The molecule has 0 aliphatic carbocycles. The largest absolute Gasteiger partial charge is 0.294 e. The predicted octanol–water partition coefficient (Wildman–Crippen LogP) is 5.43. The number of benzene rings is 2. The average molecular weight is 406 g/mol. The summed E-state index contributed by atoms with van der Waals surface area (Å²) in [7, 11) is 0. The minimum absolute atomic E-state index is 0.0760. The van der Waals surface area contributed by atoms with Crippen molar-refractivity contribution in [3.05, 3.63) is 67.3 Å². The van der Waals surface area contributed by atoms with Crippen LogP contribution >= 0.6 is 43.5 Å². The van der Waals surface area contributed by atoms with E-state index in [0.717, 1.165) is 5.56 Å². The molecular formula is C14H8Br2ClFO. The van der Waals surface area contributed by atoms with Gasteiger partial charge in [-0.25, -0.2) is 4.39 Å². The van der Waals surface area contributed by atoms with E-state index < -0.39 is 0 Å². The summed E-state index contributed by atoms with van der Waals surface area (Å²) >= 11 is 12.3. The van der Waals surface area contributed by atoms with Gasteiger partial charge in [-0.1, -0.05) is 33.6 Å². The molecular weight excluding hydrogens is 398 g/mol. The number of carbonyl (C=O) groups is 1. The van der Waals surface area contributed by atoms with Crippen LogP contribution in [-0.2, 0) is 6.42 Å². The molecule has 0 bridgehead atoms. The molecule has 0 amide bonds. The van der Waals surface area contributed by atoms with E-state index in [1.807, 2.05) is 0 Å². The molecule has 0 unspecified atom stereocenters. The van der Waals surface area contributed by atoms with Crippen LogP contribution in [0.15, 0.2) is 45.3 Å². The zero-order valence-corrected chi connectivity index (χ0v) is 13.5. The van der Waals surface area contributed by atoms with Gasteiger partial charge in [-0.3, -0.25) is 4.79 Å². The van der Waals surface area contributed by atoms with Crippen molar-refractivity contribution in [3.8, 4) is 0 Å². The summed E-state index contributed by atoms with van der Waals surface area (Å²) in [6.45, 7) is 0. The fourth-order valence-corrected chi connectivity index (χ4v) is 2.71. The fraction of sp³-hybridized carbons (Fsp3) is 0.0714. The van der Waals surface area contributed by atoms with E-state index in [1.54, 1.807) is 30.3 Å². The van der Waals surface area contributed by atoms with Gasteiger partial charge >= 0.3 is 0 Å². The van der Waals surface area contributed by atoms with Crippen molar-refractivity contribution in [1.82, 2.24) is 0 Å². The van der Waals surface area contributed by atoms with Crippen molar-refractivity contribution in [2.75, 3.05) is 0 Å². The topological polar surface area (TPSA) is 17.1 Å². The highest BCUT2D eigenvalue weighted by Crippen LogP contribution is 2.24. The number of hydrogen-bond acceptors (Lipinski definition) is 1. The lowest BCUT2D eigenvalue weighted by Crippen LogP contribution is -2.04. The molecule has 98 valence electrons. The Balaban J connectivity index is 2.25. The van der Waals surface area contributed by atoms with Crippen LogP contribution in [0.5, 0.6) is 0 Å². The van der Waals surface area contributed by atoms with Crippen LogP contribution in [0.4, 0.5) is 4.39 Å². The van der Waals surface area contributed by atoms with Crippen LogP contribution < -0.4 is 0 Å². The molecule has 1 nitrogen and oxygen atoms in total. The fourth-order valence-electron chi connectivity index (χ4n) is 1.64. The molecule has 0 atom stereocenters. The van der Waals surface area contributed by atoms with E-state index in [-0.39, 0.29) is 18.0 Å². The highest BCUT2D eigenvalue weighted by atomic mass is 79.9. The second-order valence-electron chi connectivity index (χ2n) is 3.97. The molecule has 2 aromatic rings. The zero-order chi connectivity index (χ0) is 14.0. The van der Waals surface area contributed by atoms with Gasteiger partial charge in [0.25, 0.3) is 0 Å². The van der Waals surface area contributed by atoms with Gasteiger partial charge in [0.05, 0.1) is 4.47 Å². The molecule has 0 fully saturated rings. The smallest absolute Gasteiger partial charge is 0.168 e. The second-order valence-corrected chi connectivity index (χ2v) is 6.12. The Morgan fingerprint density at radius 2 is 1.84 bits per heavy atom. The third-order valence-corrected chi connectivity index (χ3v) is 4.11. The lowest BCUT2D eigenvalue weighted by atomic mass is 10.0. The molecule has 0 aliphatic rings. The molecule has 2 rings (SSSR count). The van der Waals surface area contributed by atoms with Crippen molar-refractivity contribution >= 4 is 49.2 Å². The Kier molecular flexibility index (Phi) is 4.76. The molecule has 5 heteroatoms. The molecule has 0 saturated heterocycles. The molecule has 0 aliphatic heterocycles. The van der Waals surface area contributed by atoms with Crippen LogP contribution in [0, 0.1) is 5.82 Å². The molecule has 0 saturated carbocycles. The Hall–Kier alpha value is -0.710. The van der Waals surface area contributed by atoms with E-state index in [2.05, 4.69) is 31.9 Å². The van der Waals surface area contributed by atoms with E-state index in [0.29, 0.717) is 19.5 Å². The summed E-state index contributed by atoms with van der Waals surface area (Å²) in [5, 5.41) is 0.506. The van der Waals surface area contributed by atoms with Crippen molar-refractivity contribution < 1.29 is 9.18 Å². The van der Waals surface area contributed by atoms with Gasteiger partial charge < -0.3 is 0 Å². The SMILES string of the molecule is O=C(Cc1ccc(F)c(Br)c1)c1cc(Cl)ccc1Br. The molecule has 0 spiro atoms. The van der Waals surface area contributed by atoms with Crippen molar-refractivity contribution in [2.45, 2.75) is 6.42 Å². The van der Waals surface area contributed by atoms with Gasteiger partial charge in [-0.05, 0) is 51.8 Å². The third kappa shape index (κ3) is 3.65. The van der Waals surface area contributed by atoms with Crippen LogP contribution in [0.3, 0.4) is 0 Å². The van der Waals surface area contributed by atoms with Gasteiger partial charge in [0.2, 0.25) is 0 Å². The second kappa shape index (κ2) is 6.16. The number of carbonyl (C=O) groups excluding carboxylic acids is 1. The summed E-state index contributed by atoms with van der Waals surface area (Å²) in [4.78, 5) is 12.2. The van der Waals surface area contributed by atoms with E-state index in [4.69, 9.17) is 11.6 Å². The van der Waals surface area contributed by atoms with Crippen molar-refractivity contribution in [1.29, 1.82) is 0 Å². The van der Waals surface area contributed by atoms with Crippen LogP contribution in [-0.4, -0.2) is 5.78 Å². The summed E-state index contributed by atoms with van der Waals surface area (Å²) in [5.41, 5.74) is 1.26. The summed E-state index contributed by atoms with van der Waals surface area (Å²) in [6, 6.07) is 9.58. The Bertz CT molecular complexity index is 643. The quantitative estimate of drug-likeness (QED) is 0.621. The van der Waals surface area contributed by atoms with E-state index in [1.165, 1.54) is 6.07 Å². The van der Waals surface area contributed by atoms with Crippen LogP contribution in [0.25, 0.3) is 0 Å². The monoisotopic (exact) mass is 404 g/mol. The van der Waals surface area contributed by atoms with Gasteiger partial charge in [0.1, 0.15) is 5.82 Å². The maximum atomic E-state index is 13.1. The number of hydrogen-bond donors (Lipinski definition) is 0. The van der Waals surface area contributed by atoms with Gasteiger partial charge in [0.15, 0.2) is 5.78 Å². The van der Waals surface area contributed by atoms with Gasteiger partial charge in [0, 0.05) is 21.5 Å². The number of Topliss-reactive ketones (excluding diaryl/α,β-unsaturated/α-hetero) is 1. The Morgan fingerprint density at radius 3 is 2.53 bits per heavy atom. The minimum atomic E-state index is -0.347. The number of halogens is 4. The maximum Gasteiger partial charge on any atom is 0.168 e. The first kappa shape index (κ1) is 14.7. The lowest BCUT2D eigenvalue weighted by molar-refractivity contribution is 0.0992. The van der Waals surface area contributed by atoms with Crippen LogP contribution in [0.1, 0.15) is 15.9 Å². The first-order chi connectivity index (χ1) is 8.97. The molecule has 0 radical (unpaired) electrons. The van der Waals surface area contributed by atoms with Gasteiger partial charge in [-0.15, -0.1) is 0 Å². The summed E-state index contributed by atoms with van der Waals surface area (Å²) < 4.78 is 14.2. The Morgan fingerprint density at radius 1 is 1.11 bits per heavy atom. The Labute approximate surface area is 132 Å². The molecule has 19 heavy (non-hydrogen) atoms. The maximum absolute atomic E-state index is 13.1. The van der Waals surface area contributed by atoms with E-state index in [9.17, 15) is 9.18 Å². The molecule has 0 N–H and O–H groups in total. The number of ketones is 1. The van der Waals surface area contributed by atoms with Crippen LogP contribution in [0.2, 0.25) is 5.02 Å². The first-order valence-electron chi connectivity index (χ1n) is 5.39. The highest BCUT2D eigenvalue weighted by molar-refractivity contribution is 9.10. The molecule has 0 heterocycles. The number of rotatable bonds is 3.